The molecule has 0 spiro atoms. The van der Waals surface area contributed by atoms with Gasteiger partial charge in [-0.1, -0.05) is 28.1 Å². The third-order valence-corrected chi connectivity index (χ3v) is 6.57. The number of nitrogens with one attached hydrogen (secondary N) is 1. The molecule has 0 aliphatic heterocycles. The van der Waals surface area contributed by atoms with Crippen molar-refractivity contribution in [2.75, 3.05) is 13.2 Å². The second-order valence-corrected chi connectivity index (χ2v) is 10.2. The number of sulfonamides is 1. The summed E-state index contributed by atoms with van der Waals surface area (Å²) in [4.78, 5) is 25.5. The summed E-state index contributed by atoms with van der Waals surface area (Å²) >= 11 is 3.28. The van der Waals surface area contributed by atoms with E-state index in [-0.39, 0.29) is 23.9 Å². The Labute approximate surface area is 229 Å². The van der Waals surface area contributed by atoms with Gasteiger partial charge in [-0.25, -0.2) is 13.2 Å². The van der Waals surface area contributed by atoms with Gasteiger partial charge in [0.1, 0.15) is 18.4 Å². The van der Waals surface area contributed by atoms with Gasteiger partial charge in [-0.2, -0.15) is 17.9 Å². The van der Waals surface area contributed by atoms with Gasteiger partial charge in [-0.15, -0.1) is 0 Å². The molecule has 0 unspecified atom stereocenters. The van der Waals surface area contributed by atoms with Crippen LogP contribution in [-0.4, -0.2) is 62.0 Å². The van der Waals surface area contributed by atoms with Crippen LogP contribution in [0.5, 0.6) is 5.75 Å². The minimum atomic E-state index is -5.08. The topological polar surface area (TPSA) is 204 Å². The van der Waals surface area contributed by atoms with Gasteiger partial charge < -0.3 is 31.3 Å². The second-order valence-electron chi connectivity index (χ2n) is 7.62. The molecule has 0 aliphatic rings. The van der Waals surface area contributed by atoms with Crippen molar-refractivity contribution in [2.45, 2.75) is 36.9 Å². The molecule has 1 atom stereocenters. The van der Waals surface area contributed by atoms with E-state index in [4.69, 9.17) is 30.9 Å². The lowest BCUT2D eigenvalue weighted by Crippen LogP contribution is -2.42. The molecular formula is C22H26BrF3N4O8S. The Hall–Kier alpha value is -3.57. The minimum absolute atomic E-state index is 0.0273. The SMILES string of the molecule is Cc1cc(Br)ccc1S(=O)(=O)N[C@@H](Cc1ccc(OCCCON=C(N)N)cc1)C(=O)O.O=C(O)C(F)(F)F. The number of carboxylic acids is 2. The van der Waals surface area contributed by atoms with E-state index in [1.807, 2.05) is 0 Å². The number of aliphatic carboxylic acids is 2. The molecule has 0 saturated carbocycles. The van der Waals surface area contributed by atoms with Gasteiger partial charge in [0.15, 0.2) is 0 Å². The molecule has 39 heavy (non-hydrogen) atoms. The summed E-state index contributed by atoms with van der Waals surface area (Å²) in [5.74, 6) is -3.61. The van der Waals surface area contributed by atoms with Crippen molar-refractivity contribution >= 4 is 43.9 Å². The number of guanidine groups is 1. The van der Waals surface area contributed by atoms with Gasteiger partial charge in [0.05, 0.1) is 11.5 Å². The molecule has 0 fully saturated rings. The van der Waals surface area contributed by atoms with Gasteiger partial charge in [0, 0.05) is 10.9 Å². The maximum Gasteiger partial charge on any atom is 0.490 e. The number of ether oxygens (including phenoxy) is 1. The average Bonchev–Trinajstić information content (AvgIpc) is 2.81. The van der Waals surface area contributed by atoms with Crippen molar-refractivity contribution in [2.24, 2.45) is 16.6 Å². The quantitative estimate of drug-likeness (QED) is 0.0989. The number of carboxylic acid groups (broad SMARTS) is 2. The molecule has 0 saturated heterocycles. The molecule has 17 heteroatoms. The normalized spacial score (nSPS) is 11.9. The minimum Gasteiger partial charge on any atom is -0.493 e. The van der Waals surface area contributed by atoms with Gasteiger partial charge >= 0.3 is 18.1 Å². The van der Waals surface area contributed by atoms with Crippen molar-refractivity contribution in [3.8, 4) is 5.75 Å². The fourth-order valence-electron chi connectivity index (χ4n) is 2.74. The van der Waals surface area contributed by atoms with E-state index in [1.54, 1.807) is 43.3 Å². The molecule has 0 bridgehead atoms. The standard InChI is InChI=1S/C20H25BrN4O6S.C2HF3O2/c1-13-11-15(21)5-8-18(13)32(28,29)25-17(19(26)27)12-14-3-6-16(7-4-14)30-9-2-10-31-24-20(22)23;3-2(4,5)1(6)7/h3-8,11,17,25H,2,9-10,12H2,1H3,(H,26,27)(H4,22,23,24);(H,6,7)/t17-;/m0./s1. The summed E-state index contributed by atoms with van der Waals surface area (Å²) in [5, 5.41) is 20.1. The Morgan fingerprint density at radius 1 is 1.10 bits per heavy atom. The van der Waals surface area contributed by atoms with E-state index in [9.17, 15) is 31.5 Å². The van der Waals surface area contributed by atoms with Gasteiger partial charge in [-0.05, 0) is 60.0 Å². The Morgan fingerprint density at radius 2 is 1.69 bits per heavy atom. The molecule has 7 N–H and O–H groups in total. The van der Waals surface area contributed by atoms with Crippen LogP contribution in [0.2, 0.25) is 0 Å². The van der Waals surface area contributed by atoms with E-state index >= 15 is 0 Å². The average molecular weight is 643 g/mol. The molecule has 2 aromatic carbocycles. The number of alkyl halides is 3. The predicted octanol–water partition coefficient (Wildman–Crippen LogP) is 2.34. The zero-order valence-electron chi connectivity index (χ0n) is 20.3. The van der Waals surface area contributed by atoms with Crippen LogP contribution in [0.15, 0.2) is 57.0 Å². The Morgan fingerprint density at radius 3 is 2.18 bits per heavy atom. The van der Waals surface area contributed by atoms with Gasteiger partial charge in [0.2, 0.25) is 16.0 Å². The second kappa shape index (κ2) is 15.1. The molecule has 216 valence electrons. The number of carbonyl (C=O) groups is 2. The van der Waals surface area contributed by atoms with E-state index < -0.39 is 34.2 Å². The molecule has 12 nitrogen and oxygen atoms in total. The van der Waals surface area contributed by atoms with Crippen LogP contribution in [0.25, 0.3) is 0 Å². The number of hydrogen-bond acceptors (Lipinski definition) is 7. The van der Waals surface area contributed by atoms with E-state index in [1.165, 1.54) is 6.07 Å². The number of benzene rings is 2. The van der Waals surface area contributed by atoms with Crippen LogP contribution in [-0.2, 0) is 30.9 Å². The van der Waals surface area contributed by atoms with Crippen LogP contribution in [0, 0.1) is 6.92 Å². The maximum absolute atomic E-state index is 12.7. The number of halogens is 4. The van der Waals surface area contributed by atoms with Crippen LogP contribution in [0.1, 0.15) is 17.5 Å². The first kappa shape index (κ1) is 33.5. The fraction of sp³-hybridized carbons (Fsp3) is 0.318. The largest absolute Gasteiger partial charge is 0.493 e. The first-order valence-electron chi connectivity index (χ1n) is 10.8. The lowest BCUT2D eigenvalue weighted by atomic mass is 10.1. The maximum atomic E-state index is 12.7. The number of aryl methyl sites for hydroxylation is 1. The molecule has 0 amide bonds. The van der Waals surface area contributed by atoms with Crippen LogP contribution < -0.4 is 20.9 Å². The highest BCUT2D eigenvalue weighted by Crippen LogP contribution is 2.21. The number of rotatable bonds is 12. The van der Waals surface area contributed by atoms with Crippen LogP contribution in [0.4, 0.5) is 13.2 Å². The molecule has 0 radical (unpaired) electrons. The van der Waals surface area contributed by atoms with E-state index in [2.05, 4.69) is 25.8 Å². The zero-order valence-corrected chi connectivity index (χ0v) is 22.7. The zero-order chi connectivity index (χ0) is 29.8. The third-order valence-electron chi connectivity index (χ3n) is 4.45. The number of nitrogens with zero attached hydrogens (tertiary/aromatic N) is 1. The number of oxime groups is 1. The summed E-state index contributed by atoms with van der Waals surface area (Å²) in [6.45, 7) is 2.29. The smallest absolute Gasteiger partial charge is 0.490 e. The molecule has 0 aliphatic carbocycles. The van der Waals surface area contributed by atoms with Crippen molar-refractivity contribution in [1.82, 2.24) is 4.72 Å². The highest BCUT2D eigenvalue weighted by atomic mass is 79.9. The predicted molar refractivity (Wildman–Crippen MR) is 136 cm³/mol. The molecular weight excluding hydrogens is 617 g/mol. The van der Waals surface area contributed by atoms with Crippen molar-refractivity contribution in [3.05, 3.63) is 58.1 Å². The highest BCUT2D eigenvalue weighted by Gasteiger charge is 2.38. The molecule has 0 heterocycles. The summed E-state index contributed by atoms with van der Waals surface area (Å²) in [6.07, 6.45) is -4.56. The molecule has 0 aromatic heterocycles. The summed E-state index contributed by atoms with van der Waals surface area (Å²) in [6, 6.07) is 10.0. The first-order valence-corrected chi connectivity index (χ1v) is 13.0. The lowest BCUT2D eigenvalue weighted by Gasteiger charge is -2.16. The summed E-state index contributed by atoms with van der Waals surface area (Å²) in [5.41, 5.74) is 11.4. The van der Waals surface area contributed by atoms with E-state index in [0.717, 1.165) is 4.47 Å². The fourth-order valence-corrected chi connectivity index (χ4v) is 4.63. The first-order chi connectivity index (χ1) is 18.0. The van der Waals surface area contributed by atoms with Crippen LogP contribution in [0.3, 0.4) is 0 Å². The Balaban J connectivity index is 0.000000956. The van der Waals surface area contributed by atoms with Gasteiger partial charge in [0.25, 0.3) is 0 Å². The Bertz CT molecular complexity index is 1250. The van der Waals surface area contributed by atoms with Crippen molar-refractivity contribution in [3.63, 3.8) is 0 Å². The molecule has 2 rings (SSSR count). The van der Waals surface area contributed by atoms with Crippen molar-refractivity contribution in [1.29, 1.82) is 0 Å². The monoisotopic (exact) mass is 642 g/mol. The Kier molecular flexibility index (Phi) is 13.0. The lowest BCUT2D eigenvalue weighted by molar-refractivity contribution is -0.192. The summed E-state index contributed by atoms with van der Waals surface area (Å²) in [7, 11) is -4.02. The van der Waals surface area contributed by atoms with E-state index in [0.29, 0.717) is 29.9 Å². The van der Waals surface area contributed by atoms with Crippen molar-refractivity contribution < 1.29 is 51.0 Å². The highest BCUT2D eigenvalue weighted by molar-refractivity contribution is 9.10. The number of nitrogens with two attached hydrogens (primary N) is 2. The molecule has 2 aromatic rings. The number of hydrogen-bond donors (Lipinski definition) is 5. The summed E-state index contributed by atoms with van der Waals surface area (Å²) < 4.78 is 65.7. The third kappa shape index (κ3) is 12.7. The van der Waals surface area contributed by atoms with Gasteiger partial charge in [-0.3, -0.25) is 4.79 Å². The van der Waals surface area contributed by atoms with Crippen LogP contribution >= 0.6 is 15.9 Å².